The summed E-state index contributed by atoms with van der Waals surface area (Å²) in [5.41, 5.74) is 2.31. The second-order valence-electron chi connectivity index (χ2n) is 8.02. The average Bonchev–Trinajstić information content (AvgIpc) is 2.63. The van der Waals surface area contributed by atoms with Crippen LogP contribution in [0.4, 0.5) is 0 Å². The van der Waals surface area contributed by atoms with Crippen LogP contribution in [0.2, 0.25) is 0 Å². The number of ketones is 1. The molecular formula is C23H32O6. The zero-order valence-corrected chi connectivity index (χ0v) is 18.2. The van der Waals surface area contributed by atoms with Crippen LogP contribution < -0.4 is 9.47 Å². The van der Waals surface area contributed by atoms with E-state index in [1.165, 1.54) is 7.11 Å². The largest absolute Gasteiger partial charge is 0.507 e. The molecule has 1 aliphatic rings. The fourth-order valence-electron chi connectivity index (χ4n) is 3.86. The number of carbonyl (C=O) groups is 2. The van der Waals surface area contributed by atoms with Crippen molar-refractivity contribution in [3.05, 3.63) is 28.3 Å². The molecule has 0 amide bonds. The molecule has 1 heterocycles. The first-order chi connectivity index (χ1) is 13.6. The number of ether oxygens (including phenoxy) is 2. The van der Waals surface area contributed by atoms with Crippen LogP contribution in [0.25, 0.3) is 0 Å². The Labute approximate surface area is 172 Å². The Morgan fingerprint density at radius 2 is 1.97 bits per heavy atom. The molecule has 3 unspecified atom stereocenters. The molecule has 0 aromatic heterocycles. The van der Waals surface area contributed by atoms with Crippen molar-refractivity contribution in [2.24, 2.45) is 5.92 Å². The maximum atomic E-state index is 13.1. The standard InChI is InChI=1S/C23H32O6/c1-7-8-15(11-17(24)25)18-21(27)19-20(26)13(4)14(5)29-23(19)16(22(18)28-6)10-9-12(2)3/h9,13-15,27H,7-8,10-11H2,1-6H3,(H,24,25). The highest BCUT2D eigenvalue weighted by Crippen LogP contribution is 2.51. The van der Waals surface area contributed by atoms with E-state index in [9.17, 15) is 19.8 Å². The molecule has 0 saturated heterocycles. The molecule has 0 aliphatic carbocycles. The van der Waals surface area contributed by atoms with E-state index in [0.717, 1.165) is 12.0 Å². The predicted molar refractivity (Wildman–Crippen MR) is 111 cm³/mol. The number of hydrogen-bond donors (Lipinski definition) is 2. The van der Waals surface area contributed by atoms with E-state index >= 15 is 0 Å². The highest BCUT2D eigenvalue weighted by Gasteiger charge is 2.39. The number of phenolic OH excluding ortho intramolecular Hbond substituents is 1. The molecule has 0 spiro atoms. The Morgan fingerprint density at radius 3 is 2.48 bits per heavy atom. The van der Waals surface area contributed by atoms with E-state index < -0.39 is 17.8 Å². The number of Topliss-reactive ketones (excluding diaryl/α,β-unsaturated/α-hetero) is 1. The van der Waals surface area contributed by atoms with Gasteiger partial charge in [0, 0.05) is 17.0 Å². The van der Waals surface area contributed by atoms with E-state index in [-0.39, 0.29) is 29.6 Å². The average molecular weight is 405 g/mol. The molecule has 2 rings (SSSR count). The Hall–Kier alpha value is -2.50. The summed E-state index contributed by atoms with van der Waals surface area (Å²) in [6.07, 6.45) is 3.26. The summed E-state index contributed by atoms with van der Waals surface area (Å²) in [7, 11) is 1.50. The SMILES string of the molecule is CCCC(CC(=O)O)c1c(O)c2c(c(CC=C(C)C)c1OC)OC(C)C(C)C2=O. The normalized spacial score (nSPS) is 19.2. The second kappa shape index (κ2) is 9.33. The second-order valence-corrected chi connectivity index (χ2v) is 8.02. The van der Waals surface area contributed by atoms with E-state index in [4.69, 9.17) is 9.47 Å². The highest BCUT2D eigenvalue weighted by molar-refractivity contribution is 6.05. The molecule has 0 radical (unpaired) electrons. The molecule has 6 nitrogen and oxygen atoms in total. The fourth-order valence-corrected chi connectivity index (χ4v) is 3.86. The Morgan fingerprint density at radius 1 is 1.31 bits per heavy atom. The lowest BCUT2D eigenvalue weighted by Gasteiger charge is -2.33. The van der Waals surface area contributed by atoms with Gasteiger partial charge >= 0.3 is 5.97 Å². The maximum Gasteiger partial charge on any atom is 0.303 e. The number of benzene rings is 1. The first kappa shape index (κ1) is 22.8. The number of allylic oxidation sites excluding steroid dienone is 2. The molecule has 6 heteroatoms. The summed E-state index contributed by atoms with van der Waals surface area (Å²) in [6, 6.07) is 0. The summed E-state index contributed by atoms with van der Waals surface area (Å²) in [5.74, 6) is -1.47. The summed E-state index contributed by atoms with van der Waals surface area (Å²) in [5, 5.41) is 20.6. The number of carbonyl (C=O) groups excluding carboxylic acids is 1. The maximum absolute atomic E-state index is 13.1. The lowest BCUT2D eigenvalue weighted by Crippen LogP contribution is -2.34. The van der Waals surface area contributed by atoms with Gasteiger partial charge in [-0.2, -0.15) is 0 Å². The fraction of sp³-hybridized carbons (Fsp3) is 0.565. The molecule has 0 saturated carbocycles. The number of aromatic hydroxyl groups is 1. The number of hydrogen-bond acceptors (Lipinski definition) is 5. The van der Waals surface area contributed by atoms with Crippen molar-refractivity contribution < 1.29 is 29.3 Å². The number of methoxy groups -OCH3 is 1. The zero-order chi connectivity index (χ0) is 21.9. The van der Waals surface area contributed by atoms with Gasteiger partial charge in [-0.15, -0.1) is 0 Å². The first-order valence-electron chi connectivity index (χ1n) is 10.2. The highest BCUT2D eigenvalue weighted by atomic mass is 16.5. The Kier molecular flexibility index (Phi) is 7.33. The van der Waals surface area contributed by atoms with Crippen LogP contribution in [-0.4, -0.2) is 35.2 Å². The van der Waals surface area contributed by atoms with Crippen molar-refractivity contribution in [2.75, 3.05) is 7.11 Å². The van der Waals surface area contributed by atoms with Gasteiger partial charge in [-0.3, -0.25) is 9.59 Å². The topological polar surface area (TPSA) is 93.1 Å². The third-order valence-electron chi connectivity index (χ3n) is 5.56. The summed E-state index contributed by atoms with van der Waals surface area (Å²) >= 11 is 0. The molecule has 0 fully saturated rings. The van der Waals surface area contributed by atoms with Gasteiger partial charge in [0.05, 0.1) is 19.4 Å². The van der Waals surface area contributed by atoms with Crippen LogP contribution in [0, 0.1) is 5.92 Å². The molecule has 1 aliphatic heterocycles. The van der Waals surface area contributed by atoms with Gasteiger partial charge in [-0.1, -0.05) is 31.9 Å². The van der Waals surface area contributed by atoms with Crippen LogP contribution in [-0.2, 0) is 11.2 Å². The quantitative estimate of drug-likeness (QED) is 0.601. The molecule has 29 heavy (non-hydrogen) atoms. The number of fused-ring (bicyclic) bond motifs is 1. The molecule has 2 N–H and O–H groups in total. The molecule has 0 bridgehead atoms. The van der Waals surface area contributed by atoms with E-state index in [2.05, 4.69) is 0 Å². The van der Waals surface area contributed by atoms with Crippen LogP contribution in [0.15, 0.2) is 11.6 Å². The number of carboxylic acid groups (broad SMARTS) is 1. The van der Waals surface area contributed by atoms with Crippen molar-refractivity contribution in [3.8, 4) is 17.2 Å². The van der Waals surface area contributed by atoms with Crippen LogP contribution in [0.1, 0.15) is 81.3 Å². The molecular weight excluding hydrogens is 372 g/mol. The minimum Gasteiger partial charge on any atom is -0.507 e. The summed E-state index contributed by atoms with van der Waals surface area (Å²) in [6.45, 7) is 9.51. The van der Waals surface area contributed by atoms with Gasteiger partial charge < -0.3 is 19.7 Å². The third kappa shape index (κ3) is 4.57. The van der Waals surface area contributed by atoms with Crippen molar-refractivity contribution in [2.45, 2.75) is 72.3 Å². The van der Waals surface area contributed by atoms with Crippen molar-refractivity contribution in [3.63, 3.8) is 0 Å². The monoisotopic (exact) mass is 404 g/mol. The minimum atomic E-state index is -0.960. The Bertz CT molecular complexity index is 819. The summed E-state index contributed by atoms with van der Waals surface area (Å²) < 4.78 is 11.8. The van der Waals surface area contributed by atoms with Crippen molar-refractivity contribution in [1.82, 2.24) is 0 Å². The first-order valence-corrected chi connectivity index (χ1v) is 10.2. The van der Waals surface area contributed by atoms with Gasteiger partial charge in [0.15, 0.2) is 5.78 Å². The van der Waals surface area contributed by atoms with Gasteiger partial charge in [0.25, 0.3) is 0 Å². The van der Waals surface area contributed by atoms with Gasteiger partial charge in [-0.05, 0) is 33.6 Å². The van der Waals surface area contributed by atoms with E-state index in [1.807, 2.05) is 33.8 Å². The van der Waals surface area contributed by atoms with Crippen LogP contribution >= 0.6 is 0 Å². The van der Waals surface area contributed by atoms with Gasteiger partial charge in [-0.25, -0.2) is 0 Å². The number of carboxylic acids is 1. The predicted octanol–water partition coefficient (Wildman–Crippen LogP) is 4.87. The smallest absolute Gasteiger partial charge is 0.303 e. The number of aliphatic carboxylic acids is 1. The number of rotatable bonds is 8. The van der Waals surface area contributed by atoms with E-state index in [1.54, 1.807) is 6.92 Å². The van der Waals surface area contributed by atoms with Crippen LogP contribution in [0.3, 0.4) is 0 Å². The zero-order valence-electron chi connectivity index (χ0n) is 18.2. The minimum absolute atomic E-state index is 0.148. The van der Waals surface area contributed by atoms with E-state index in [0.29, 0.717) is 35.5 Å². The lowest BCUT2D eigenvalue weighted by molar-refractivity contribution is -0.137. The van der Waals surface area contributed by atoms with Gasteiger partial charge in [0.2, 0.25) is 0 Å². The number of phenols is 1. The van der Waals surface area contributed by atoms with Crippen molar-refractivity contribution >= 4 is 11.8 Å². The molecule has 3 atom stereocenters. The van der Waals surface area contributed by atoms with Crippen molar-refractivity contribution in [1.29, 1.82) is 0 Å². The molecule has 1 aromatic rings. The lowest BCUT2D eigenvalue weighted by atomic mass is 9.81. The summed E-state index contributed by atoms with van der Waals surface area (Å²) in [4.78, 5) is 24.6. The van der Waals surface area contributed by atoms with Gasteiger partial charge in [0.1, 0.15) is 28.9 Å². The van der Waals surface area contributed by atoms with Crippen LogP contribution in [0.5, 0.6) is 17.2 Å². The molecule has 1 aromatic carbocycles. The third-order valence-corrected chi connectivity index (χ3v) is 5.56. The molecule has 160 valence electrons. The Balaban J connectivity index is 2.86.